The Morgan fingerprint density at radius 1 is 1.26 bits per heavy atom. The summed E-state index contributed by atoms with van der Waals surface area (Å²) in [5.41, 5.74) is 5.89. The van der Waals surface area contributed by atoms with Crippen molar-refractivity contribution in [1.82, 2.24) is 14.5 Å². The van der Waals surface area contributed by atoms with Crippen LogP contribution >= 0.6 is 0 Å². The zero-order chi connectivity index (χ0) is 13.7. The summed E-state index contributed by atoms with van der Waals surface area (Å²) in [6, 6.07) is 0.554. The van der Waals surface area contributed by atoms with Gasteiger partial charge in [-0.05, 0) is 13.3 Å². The highest BCUT2D eigenvalue weighted by molar-refractivity contribution is 5.32. The quantitative estimate of drug-likeness (QED) is 0.838. The number of anilines is 1. The molecule has 5 heteroatoms. The molecule has 0 saturated carbocycles. The molecule has 0 amide bonds. The van der Waals surface area contributed by atoms with Crippen LogP contribution in [-0.4, -0.2) is 53.2 Å². The monoisotopic (exact) mass is 265 g/mol. The lowest BCUT2D eigenvalue weighted by molar-refractivity contribution is 0.178. The van der Waals surface area contributed by atoms with E-state index in [1.54, 1.807) is 0 Å². The molecule has 2 heterocycles. The molecule has 5 nitrogen and oxygen atoms in total. The normalized spacial score (nSPS) is 18.8. The smallest absolute Gasteiger partial charge is 0.205 e. The second kappa shape index (κ2) is 6.91. The van der Waals surface area contributed by atoms with Crippen molar-refractivity contribution in [2.75, 3.05) is 37.6 Å². The molecule has 1 unspecified atom stereocenters. The molecule has 1 aromatic heterocycles. The fourth-order valence-electron chi connectivity index (χ4n) is 2.90. The van der Waals surface area contributed by atoms with Gasteiger partial charge in [0.15, 0.2) is 0 Å². The van der Waals surface area contributed by atoms with Gasteiger partial charge in [0, 0.05) is 57.7 Å². The lowest BCUT2D eigenvalue weighted by atomic mass is 10.1. The molecule has 0 spiro atoms. The van der Waals surface area contributed by atoms with Gasteiger partial charge in [0.25, 0.3) is 0 Å². The summed E-state index contributed by atoms with van der Waals surface area (Å²) in [6.45, 7) is 10.4. The van der Waals surface area contributed by atoms with Gasteiger partial charge in [0.1, 0.15) is 0 Å². The van der Waals surface area contributed by atoms with Crippen molar-refractivity contribution in [1.29, 1.82) is 0 Å². The molecule has 0 aliphatic carbocycles. The lowest BCUT2D eigenvalue weighted by Gasteiger charge is -2.39. The van der Waals surface area contributed by atoms with Crippen molar-refractivity contribution >= 4 is 5.95 Å². The van der Waals surface area contributed by atoms with Crippen LogP contribution in [0, 0.1) is 0 Å². The van der Waals surface area contributed by atoms with E-state index in [4.69, 9.17) is 5.73 Å². The Bertz CT molecular complexity index is 368. The number of aromatic nitrogens is 2. The van der Waals surface area contributed by atoms with E-state index in [1.165, 1.54) is 12.8 Å². The van der Waals surface area contributed by atoms with E-state index >= 15 is 0 Å². The van der Waals surface area contributed by atoms with Gasteiger partial charge in [-0.2, -0.15) is 0 Å². The molecule has 0 radical (unpaired) electrons. The van der Waals surface area contributed by atoms with Gasteiger partial charge in [-0.15, -0.1) is 0 Å². The largest absolute Gasteiger partial charge is 0.340 e. The van der Waals surface area contributed by atoms with Gasteiger partial charge >= 0.3 is 0 Å². The summed E-state index contributed by atoms with van der Waals surface area (Å²) in [7, 11) is 0. The number of imidazole rings is 1. The topological polar surface area (TPSA) is 50.3 Å². The maximum Gasteiger partial charge on any atom is 0.205 e. The van der Waals surface area contributed by atoms with E-state index in [0.29, 0.717) is 6.04 Å². The molecule has 0 aromatic carbocycles. The maximum absolute atomic E-state index is 5.89. The van der Waals surface area contributed by atoms with Crippen molar-refractivity contribution in [3.8, 4) is 0 Å². The Morgan fingerprint density at radius 2 is 2.00 bits per heavy atom. The number of hydrogen-bond acceptors (Lipinski definition) is 4. The Kier molecular flexibility index (Phi) is 5.22. The SMILES string of the molecule is CCCC(CN)N1CCN(c2nccn2CC)CC1. The Balaban J connectivity index is 1.92. The van der Waals surface area contributed by atoms with Crippen LogP contribution in [0.5, 0.6) is 0 Å². The predicted octanol–water partition coefficient (Wildman–Crippen LogP) is 1.15. The Morgan fingerprint density at radius 3 is 2.58 bits per heavy atom. The second-order valence-corrected chi connectivity index (χ2v) is 5.21. The van der Waals surface area contributed by atoms with Crippen LogP contribution in [0.2, 0.25) is 0 Å². The number of rotatable bonds is 6. The molecular weight excluding hydrogens is 238 g/mol. The average molecular weight is 265 g/mol. The van der Waals surface area contributed by atoms with Crippen LogP contribution < -0.4 is 10.6 Å². The van der Waals surface area contributed by atoms with Crippen molar-refractivity contribution in [2.24, 2.45) is 5.73 Å². The molecule has 1 aromatic rings. The number of aryl methyl sites for hydroxylation is 1. The number of hydrogen-bond donors (Lipinski definition) is 1. The first-order valence-electron chi connectivity index (χ1n) is 7.50. The van der Waals surface area contributed by atoms with Gasteiger partial charge in [-0.25, -0.2) is 4.98 Å². The fourth-order valence-corrected chi connectivity index (χ4v) is 2.90. The highest BCUT2D eigenvalue weighted by Crippen LogP contribution is 2.16. The molecule has 1 fully saturated rings. The average Bonchev–Trinajstić information content (AvgIpc) is 2.93. The molecule has 19 heavy (non-hydrogen) atoms. The van der Waals surface area contributed by atoms with Crippen molar-refractivity contribution in [3.63, 3.8) is 0 Å². The first kappa shape index (κ1) is 14.3. The van der Waals surface area contributed by atoms with Gasteiger partial charge in [0.2, 0.25) is 5.95 Å². The summed E-state index contributed by atoms with van der Waals surface area (Å²) < 4.78 is 2.21. The van der Waals surface area contributed by atoms with E-state index in [0.717, 1.165) is 45.2 Å². The first-order valence-corrected chi connectivity index (χ1v) is 7.50. The summed E-state index contributed by atoms with van der Waals surface area (Å²) in [6.07, 6.45) is 6.37. The van der Waals surface area contributed by atoms with Gasteiger partial charge in [-0.3, -0.25) is 4.90 Å². The molecule has 1 aliphatic heterocycles. The number of nitrogens with zero attached hydrogens (tertiary/aromatic N) is 4. The Hall–Kier alpha value is -1.07. The van der Waals surface area contributed by atoms with E-state index in [1.807, 2.05) is 6.20 Å². The minimum atomic E-state index is 0.554. The molecule has 2 N–H and O–H groups in total. The highest BCUT2D eigenvalue weighted by atomic mass is 15.4. The standard InChI is InChI=1S/C14H27N5/c1-3-5-13(12-15)18-8-10-19(11-9-18)14-16-6-7-17(14)4-2/h6-7,13H,3-5,8-12,15H2,1-2H3. The third-order valence-electron chi connectivity index (χ3n) is 4.04. The van der Waals surface area contributed by atoms with Crippen molar-refractivity contribution in [3.05, 3.63) is 12.4 Å². The fraction of sp³-hybridized carbons (Fsp3) is 0.786. The van der Waals surface area contributed by atoms with Gasteiger partial charge in [-0.1, -0.05) is 13.3 Å². The third-order valence-corrected chi connectivity index (χ3v) is 4.04. The minimum absolute atomic E-state index is 0.554. The highest BCUT2D eigenvalue weighted by Gasteiger charge is 2.24. The third kappa shape index (κ3) is 3.28. The Labute approximate surface area is 116 Å². The van der Waals surface area contributed by atoms with Crippen LogP contribution in [0.1, 0.15) is 26.7 Å². The number of nitrogens with two attached hydrogens (primary N) is 1. The summed E-state index contributed by atoms with van der Waals surface area (Å²) >= 11 is 0. The second-order valence-electron chi connectivity index (χ2n) is 5.21. The van der Waals surface area contributed by atoms with E-state index in [2.05, 4.69) is 39.4 Å². The van der Waals surface area contributed by atoms with Crippen LogP contribution in [0.25, 0.3) is 0 Å². The number of piperazine rings is 1. The predicted molar refractivity (Wildman–Crippen MR) is 79.4 cm³/mol. The van der Waals surface area contributed by atoms with Gasteiger partial charge in [0.05, 0.1) is 0 Å². The molecule has 1 saturated heterocycles. The lowest BCUT2D eigenvalue weighted by Crippen LogP contribution is -2.52. The van der Waals surface area contributed by atoms with Crippen LogP contribution in [0.3, 0.4) is 0 Å². The summed E-state index contributed by atoms with van der Waals surface area (Å²) in [5.74, 6) is 1.11. The zero-order valence-corrected chi connectivity index (χ0v) is 12.3. The van der Waals surface area contributed by atoms with Crippen LogP contribution in [-0.2, 0) is 6.54 Å². The van der Waals surface area contributed by atoms with Crippen LogP contribution in [0.15, 0.2) is 12.4 Å². The molecule has 0 bridgehead atoms. The van der Waals surface area contributed by atoms with E-state index in [9.17, 15) is 0 Å². The molecular formula is C14H27N5. The molecule has 1 aliphatic rings. The maximum atomic E-state index is 5.89. The molecule has 2 rings (SSSR count). The van der Waals surface area contributed by atoms with E-state index in [-0.39, 0.29) is 0 Å². The minimum Gasteiger partial charge on any atom is -0.340 e. The molecule has 1 atom stereocenters. The van der Waals surface area contributed by atoms with Crippen molar-refractivity contribution in [2.45, 2.75) is 39.3 Å². The first-order chi connectivity index (χ1) is 9.30. The molecule has 108 valence electrons. The van der Waals surface area contributed by atoms with Crippen molar-refractivity contribution < 1.29 is 0 Å². The van der Waals surface area contributed by atoms with E-state index < -0.39 is 0 Å². The van der Waals surface area contributed by atoms with Gasteiger partial charge < -0.3 is 15.2 Å². The summed E-state index contributed by atoms with van der Waals surface area (Å²) in [5, 5.41) is 0. The summed E-state index contributed by atoms with van der Waals surface area (Å²) in [4.78, 5) is 9.41. The van der Waals surface area contributed by atoms with Crippen LogP contribution in [0.4, 0.5) is 5.95 Å². The zero-order valence-electron chi connectivity index (χ0n) is 12.3.